The van der Waals surface area contributed by atoms with Gasteiger partial charge in [-0.25, -0.2) is 4.39 Å². The number of hydrogen-bond acceptors (Lipinski definition) is 7. The zero-order chi connectivity index (χ0) is 27.0. The maximum Gasteiger partial charge on any atom is 0.252 e. The first-order valence-electron chi connectivity index (χ1n) is 13.3. The van der Waals surface area contributed by atoms with Crippen LogP contribution < -0.4 is 15.2 Å². The van der Waals surface area contributed by atoms with Gasteiger partial charge in [0, 0.05) is 44.3 Å². The number of anilines is 1. The van der Waals surface area contributed by atoms with Crippen molar-refractivity contribution >= 4 is 16.7 Å². The number of pyridine rings is 1. The van der Waals surface area contributed by atoms with Crippen molar-refractivity contribution in [2.75, 3.05) is 31.2 Å². The summed E-state index contributed by atoms with van der Waals surface area (Å²) in [5.41, 5.74) is 3.06. The molecule has 1 unspecified atom stereocenters. The number of benzene rings is 1. The van der Waals surface area contributed by atoms with Crippen LogP contribution in [0.15, 0.2) is 35.3 Å². The summed E-state index contributed by atoms with van der Waals surface area (Å²) in [5.74, 6) is -0.0847. The van der Waals surface area contributed by atoms with Gasteiger partial charge in [0.15, 0.2) is 11.6 Å². The molecule has 2 aliphatic rings. The Morgan fingerprint density at radius 3 is 2.61 bits per heavy atom. The number of aryl methyl sites for hydroxylation is 1. The first-order chi connectivity index (χ1) is 18.3. The molecule has 0 amide bonds. The highest BCUT2D eigenvalue weighted by Gasteiger charge is 2.36. The summed E-state index contributed by atoms with van der Waals surface area (Å²) in [6, 6.07) is 9.40. The number of nitrogens with zero attached hydrogens (tertiary/aromatic N) is 6. The van der Waals surface area contributed by atoms with E-state index in [-0.39, 0.29) is 47.9 Å². The third kappa shape index (κ3) is 4.76. The number of piperazine rings is 1. The maximum atomic E-state index is 14.9. The molecule has 2 fully saturated rings. The smallest absolute Gasteiger partial charge is 0.252 e. The molecule has 0 bridgehead atoms. The van der Waals surface area contributed by atoms with Gasteiger partial charge in [-0.05, 0) is 37.5 Å². The predicted molar refractivity (Wildman–Crippen MR) is 143 cm³/mol. The predicted octanol–water partition coefficient (Wildman–Crippen LogP) is 3.62. The van der Waals surface area contributed by atoms with Crippen LogP contribution in [0.3, 0.4) is 0 Å². The summed E-state index contributed by atoms with van der Waals surface area (Å²) in [6.07, 6.45) is 3.46. The lowest BCUT2D eigenvalue weighted by molar-refractivity contribution is -0.0809. The van der Waals surface area contributed by atoms with Crippen LogP contribution in [0.4, 0.5) is 10.1 Å². The Hall–Kier alpha value is -3.42. The molecule has 2 aromatic heterocycles. The highest BCUT2D eigenvalue weighted by molar-refractivity contribution is 5.88. The van der Waals surface area contributed by atoms with Crippen LogP contribution in [0.5, 0.6) is 5.75 Å². The Bertz CT molecular complexity index is 1410. The fourth-order valence-corrected chi connectivity index (χ4v) is 5.59. The molecule has 1 aromatic carbocycles. The van der Waals surface area contributed by atoms with E-state index < -0.39 is 0 Å². The van der Waals surface area contributed by atoms with Gasteiger partial charge >= 0.3 is 0 Å². The third-order valence-corrected chi connectivity index (χ3v) is 8.00. The van der Waals surface area contributed by atoms with E-state index in [2.05, 4.69) is 41.7 Å². The minimum Gasteiger partial charge on any atom is -0.483 e. The molecule has 5 rings (SSSR count). The standard InChI is InChI=1S/C28H35FN6O3/c1-5-20-14-35(24-12-27(36)32(4)25-15-33(10-9-30)31-28(24)25)21(6-2)13-34(20)18(3)19-7-8-26(23(29)11-19)38-22-16-37-17-22/h7-8,11-12,15,18,20-22H,5-6,10,13-14,16-17H2,1-4H3/t18?,20-,21+/m1/s1. The largest absolute Gasteiger partial charge is 0.483 e. The molecule has 38 heavy (non-hydrogen) atoms. The summed E-state index contributed by atoms with van der Waals surface area (Å²) >= 11 is 0. The number of fused-ring (bicyclic) bond motifs is 1. The first-order valence-corrected chi connectivity index (χ1v) is 13.3. The molecule has 0 radical (unpaired) electrons. The maximum absolute atomic E-state index is 14.9. The van der Waals surface area contributed by atoms with E-state index in [0.29, 0.717) is 18.7 Å². The van der Waals surface area contributed by atoms with Crippen molar-refractivity contribution < 1.29 is 13.9 Å². The van der Waals surface area contributed by atoms with Gasteiger partial charge in [-0.3, -0.25) is 14.4 Å². The summed E-state index contributed by atoms with van der Waals surface area (Å²) in [6.45, 7) is 9.04. The van der Waals surface area contributed by atoms with Crippen LogP contribution in [0.2, 0.25) is 0 Å². The molecule has 0 spiro atoms. The van der Waals surface area contributed by atoms with Crippen molar-refractivity contribution in [3.8, 4) is 11.8 Å². The number of ether oxygens (including phenoxy) is 2. The van der Waals surface area contributed by atoms with E-state index in [1.54, 1.807) is 40.7 Å². The van der Waals surface area contributed by atoms with E-state index in [4.69, 9.17) is 14.7 Å². The molecule has 3 atom stereocenters. The van der Waals surface area contributed by atoms with Gasteiger partial charge in [-0.2, -0.15) is 10.4 Å². The van der Waals surface area contributed by atoms with Crippen molar-refractivity contribution in [3.63, 3.8) is 0 Å². The van der Waals surface area contributed by atoms with E-state index in [0.717, 1.165) is 42.7 Å². The van der Waals surface area contributed by atoms with Crippen molar-refractivity contribution in [1.82, 2.24) is 19.2 Å². The Balaban J connectivity index is 1.43. The second-order valence-corrected chi connectivity index (χ2v) is 10.3. The molecule has 10 heteroatoms. The molecule has 202 valence electrons. The highest BCUT2D eigenvalue weighted by Crippen LogP contribution is 2.35. The number of hydrogen-bond donors (Lipinski definition) is 0. The van der Waals surface area contributed by atoms with Gasteiger partial charge in [-0.1, -0.05) is 19.9 Å². The molecule has 0 N–H and O–H groups in total. The average Bonchev–Trinajstić information content (AvgIpc) is 3.32. The normalized spacial score (nSPS) is 21.3. The van der Waals surface area contributed by atoms with E-state index >= 15 is 0 Å². The van der Waals surface area contributed by atoms with Gasteiger partial charge in [0.1, 0.15) is 18.2 Å². The number of halogens is 1. The highest BCUT2D eigenvalue weighted by atomic mass is 19.1. The lowest BCUT2D eigenvalue weighted by Gasteiger charge is -2.49. The molecule has 0 aliphatic carbocycles. The summed E-state index contributed by atoms with van der Waals surface area (Å²) in [4.78, 5) is 17.6. The van der Waals surface area contributed by atoms with Gasteiger partial charge < -0.3 is 18.9 Å². The zero-order valence-corrected chi connectivity index (χ0v) is 22.4. The summed E-state index contributed by atoms with van der Waals surface area (Å²) in [5, 5.41) is 13.8. The van der Waals surface area contributed by atoms with Crippen LogP contribution in [-0.4, -0.2) is 63.7 Å². The molecular weight excluding hydrogens is 487 g/mol. The van der Waals surface area contributed by atoms with E-state index in [1.165, 1.54) is 0 Å². The first kappa shape index (κ1) is 26.2. The average molecular weight is 523 g/mol. The van der Waals surface area contributed by atoms with Crippen molar-refractivity contribution in [2.45, 2.75) is 64.4 Å². The van der Waals surface area contributed by atoms with Crippen molar-refractivity contribution in [2.24, 2.45) is 7.05 Å². The molecule has 2 saturated heterocycles. The SMILES string of the molecule is CC[C@H]1CN(C(C)c2ccc(OC3COC3)c(F)c2)[C@H](CC)CN1c1cc(=O)n(C)c2cn(CC#N)nc12. The fourth-order valence-electron chi connectivity index (χ4n) is 5.59. The zero-order valence-electron chi connectivity index (χ0n) is 22.4. The molecule has 3 aromatic rings. The number of nitriles is 1. The van der Waals surface area contributed by atoms with Gasteiger partial charge in [-0.15, -0.1) is 0 Å². The molecule has 0 saturated carbocycles. The molecular formula is C28H35FN6O3. The van der Waals surface area contributed by atoms with Gasteiger partial charge in [0.2, 0.25) is 0 Å². The van der Waals surface area contributed by atoms with Crippen LogP contribution in [0.1, 0.15) is 45.2 Å². The van der Waals surface area contributed by atoms with Crippen LogP contribution >= 0.6 is 0 Å². The Morgan fingerprint density at radius 1 is 1.21 bits per heavy atom. The lowest BCUT2D eigenvalue weighted by Crippen LogP contribution is -2.58. The number of rotatable bonds is 8. The van der Waals surface area contributed by atoms with E-state index in [1.807, 2.05) is 6.07 Å². The molecule has 9 nitrogen and oxygen atoms in total. The second-order valence-electron chi connectivity index (χ2n) is 10.3. The van der Waals surface area contributed by atoms with E-state index in [9.17, 15) is 9.18 Å². The van der Waals surface area contributed by atoms with Crippen LogP contribution in [-0.2, 0) is 18.3 Å². The minimum absolute atomic E-state index is 0.00485. The molecule has 2 aliphatic heterocycles. The molecule has 4 heterocycles. The van der Waals surface area contributed by atoms with Gasteiger partial charge in [0.25, 0.3) is 5.56 Å². The summed E-state index contributed by atoms with van der Waals surface area (Å²) < 4.78 is 28.9. The van der Waals surface area contributed by atoms with Crippen molar-refractivity contribution in [1.29, 1.82) is 5.26 Å². The minimum atomic E-state index is -0.351. The van der Waals surface area contributed by atoms with Crippen LogP contribution in [0, 0.1) is 17.1 Å². The quantitative estimate of drug-likeness (QED) is 0.447. The Labute approximate surface area is 222 Å². The van der Waals surface area contributed by atoms with Crippen molar-refractivity contribution in [3.05, 3.63) is 52.2 Å². The third-order valence-electron chi connectivity index (χ3n) is 8.00. The Morgan fingerprint density at radius 2 is 1.97 bits per heavy atom. The summed E-state index contributed by atoms with van der Waals surface area (Å²) in [7, 11) is 1.73. The topological polar surface area (TPSA) is 88.5 Å². The fraction of sp³-hybridized carbons (Fsp3) is 0.536. The van der Waals surface area contributed by atoms with Crippen LogP contribution in [0.25, 0.3) is 11.0 Å². The Kier molecular flexibility index (Phi) is 7.41. The second kappa shape index (κ2) is 10.8. The van der Waals surface area contributed by atoms with Gasteiger partial charge in [0.05, 0.1) is 36.7 Å². The monoisotopic (exact) mass is 522 g/mol. The lowest BCUT2D eigenvalue weighted by atomic mass is 9.96. The number of aromatic nitrogens is 3.